The number of pyridine rings is 1. The first kappa shape index (κ1) is 19.9. The Morgan fingerprint density at radius 3 is 2.36 bits per heavy atom. The average Bonchev–Trinajstić information content (AvgIpc) is 3.62. The van der Waals surface area contributed by atoms with Gasteiger partial charge in [0.25, 0.3) is 0 Å². The summed E-state index contributed by atoms with van der Waals surface area (Å²) in [6.07, 6.45) is 3.99. The number of aromatic amines is 1. The van der Waals surface area contributed by atoms with Crippen LogP contribution in [-0.4, -0.2) is 47.0 Å². The highest BCUT2D eigenvalue weighted by Gasteiger charge is 2.34. The van der Waals surface area contributed by atoms with Gasteiger partial charge < -0.3 is 19.5 Å². The van der Waals surface area contributed by atoms with E-state index in [9.17, 15) is 4.79 Å². The monoisotopic (exact) mass is 438 g/mol. The molecule has 2 fully saturated rings. The molecule has 2 aliphatic rings. The van der Waals surface area contributed by atoms with Crippen molar-refractivity contribution in [3.05, 3.63) is 72.9 Å². The van der Waals surface area contributed by atoms with Gasteiger partial charge in [0.05, 0.1) is 0 Å². The molecule has 4 aromatic rings. The van der Waals surface area contributed by atoms with Crippen LogP contribution in [0.5, 0.6) is 11.5 Å². The van der Waals surface area contributed by atoms with E-state index in [4.69, 9.17) is 4.74 Å². The fourth-order valence-corrected chi connectivity index (χ4v) is 4.53. The van der Waals surface area contributed by atoms with Crippen molar-refractivity contribution in [2.75, 3.05) is 31.1 Å². The Balaban J connectivity index is 1.20. The number of piperazine rings is 1. The summed E-state index contributed by atoms with van der Waals surface area (Å²) in [5, 5.41) is 1.11. The topological polar surface area (TPSA) is 61.5 Å². The van der Waals surface area contributed by atoms with Crippen LogP contribution in [0.3, 0.4) is 0 Å². The molecule has 1 N–H and O–H groups in total. The van der Waals surface area contributed by atoms with E-state index in [0.717, 1.165) is 72.8 Å². The van der Waals surface area contributed by atoms with Gasteiger partial charge in [0.1, 0.15) is 17.1 Å². The Bertz CT molecular complexity index is 1270. The normalized spacial score (nSPS) is 16.2. The maximum atomic E-state index is 12.4. The van der Waals surface area contributed by atoms with Crippen LogP contribution >= 0.6 is 0 Å². The van der Waals surface area contributed by atoms with Gasteiger partial charge in [-0.2, -0.15) is 0 Å². The van der Waals surface area contributed by atoms with E-state index >= 15 is 0 Å². The van der Waals surface area contributed by atoms with Crippen LogP contribution in [0.1, 0.15) is 12.8 Å². The average molecular weight is 439 g/mol. The van der Waals surface area contributed by atoms with E-state index in [2.05, 4.69) is 39.1 Å². The number of ether oxygens (including phenoxy) is 1. The largest absolute Gasteiger partial charge is 0.457 e. The minimum absolute atomic E-state index is 0.292. The standard InChI is InChI=1S/C27H26N4O2/c32-27(20-6-7-20)31-16-14-30(15-17-31)25-12-13-28-26-23(25)18-24(29-26)19-8-10-22(11-9-19)33-21-4-2-1-3-5-21/h1-5,8-13,18,20H,6-7,14-17H2,(H,28,29). The lowest BCUT2D eigenvalue weighted by molar-refractivity contribution is -0.132. The summed E-state index contributed by atoms with van der Waals surface area (Å²) < 4.78 is 5.91. The highest BCUT2D eigenvalue weighted by atomic mass is 16.5. The number of hydrogen-bond donors (Lipinski definition) is 1. The fourth-order valence-electron chi connectivity index (χ4n) is 4.53. The van der Waals surface area contributed by atoms with Crippen molar-refractivity contribution in [2.45, 2.75) is 12.8 Å². The van der Waals surface area contributed by atoms with Gasteiger partial charge in [-0.05, 0) is 66.9 Å². The molecule has 0 unspecified atom stereocenters. The second-order valence-electron chi connectivity index (χ2n) is 8.80. The summed E-state index contributed by atoms with van der Waals surface area (Å²) in [7, 11) is 0. The summed E-state index contributed by atoms with van der Waals surface area (Å²) in [5.74, 6) is 2.26. The van der Waals surface area contributed by atoms with Crippen LogP contribution < -0.4 is 9.64 Å². The van der Waals surface area contributed by atoms with E-state index in [-0.39, 0.29) is 0 Å². The number of aromatic nitrogens is 2. The quantitative estimate of drug-likeness (QED) is 0.472. The lowest BCUT2D eigenvalue weighted by Crippen LogP contribution is -2.49. The Morgan fingerprint density at radius 2 is 1.64 bits per heavy atom. The SMILES string of the molecule is O=C(C1CC1)N1CCN(c2ccnc3[nH]c(-c4ccc(Oc5ccccc5)cc4)cc23)CC1. The molecule has 0 spiro atoms. The Kier molecular flexibility index (Phi) is 4.98. The molecule has 2 aromatic carbocycles. The molecule has 33 heavy (non-hydrogen) atoms. The predicted octanol–water partition coefficient (Wildman–Crippen LogP) is 5.08. The minimum Gasteiger partial charge on any atom is -0.457 e. The third-order valence-corrected chi connectivity index (χ3v) is 6.51. The molecule has 6 nitrogen and oxygen atoms in total. The van der Waals surface area contributed by atoms with Crippen molar-refractivity contribution in [1.82, 2.24) is 14.9 Å². The number of benzene rings is 2. The van der Waals surface area contributed by atoms with Crippen LogP contribution in [0.2, 0.25) is 0 Å². The summed E-state index contributed by atoms with van der Waals surface area (Å²) in [6.45, 7) is 3.28. The molecule has 1 aliphatic carbocycles. The van der Waals surface area contributed by atoms with E-state index in [0.29, 0.717) is 11.8 Å². The maximum absolute atomic E-state index is 12.4. The third kappa shape index (κ3) is 4.04. The molecule has 1 amide bonds. The van der Waals surface area contributed by atoms with Crippen LogP contribution in [-0.2, 0) is 4.79 Å². The number of carbonyl (C=O) groups is 1. The molecule has 0 radical (unpaired) electrons. The van der Waals surface area contributed by atoms with Crippen LogP contribution in [0, 0.1) is 5.92 Å². The number of para-hydroxylation sites is 1. The van der Waals surface area contributed by atoms with Crippen molar-refractivity contribution >= 4 is 22.6 Å². The van der Waals surface area contributed by atoms with Gasteiger partial charge in [-0.3, -0.25) is 4.79 Å². The highest BCUT2D eigenvalue weighted by molar-refractivity contribution is 5.94. The zero-order chi connectivity index (χ0) is 22.2. The second kappa shape index (κ2) is 8.28. The number of nitrogens with one attached hydrogen (secondary N) is 1. The Morgan fingerprint density at radius 1 is 0.909 bits per heavy atom. The van der Waals surface area contributed by atoms with E-state index in [1.807, 2.05) is 53.6 Å². The number of H-pyrrole nitrogens is 1. The van der Waals surface area contributed by atoms with Gasteiger partial charge in [0.15, 0.2) is 0 Å². The molecule has 1 saturated carbocycles. The summed E-state index contributed by atoms with van der Waals surface area (Å²) >= 11 is 0. The molecule has 1 saturated heterocycles. The first-order chi connectivity index (χ1) is 16.2. The maximum Gasteiger partial charge on any atom is 0.225 e. The lowest BCUT2D eigenvalue weighted by atomic mass is 10.1. The molecule has 0 atom stereocenters. The van der Waals surface area contributed by atoms with Crippen molar-refractivity contribution < 1.29 is 9.53 Å². The van der Waals surface area contributed by atoms with Crippen molar-refractivity contribution in [3.63, 3.8) is 0 Å². The lowest BCUT2D eigenvalue weighted by Gasteiger charge is -2.36. The summed E-state index contributed by atoms with van der Waals surface area (Å²) in [6, 6.07) is 22.1. The predicted molar refractivity (Wildman–Crippen MR) is 130 cm³/mol. The number of nitrogens with zero attached hydrogens (tertiary/aromatic N) is 3. The zero-order valence-corrected chi connectivity index (χ0v) is 18.4. The van der Waals surface area contributed by atoms with Gasteiger partial charge in [-0.15, -0.1) is 0 Å². The van der Waals surface area contributed by atoms with Gasteiger partial charge >= 0.3 is 0 Å². The molecular formula is C27H26N4O2. The number of carbonyl (C=O) groups excluding carboxylic acids is 1. The summed E-state index contributed by atoms with van der Waals surface area (Å²) in [5.41, 5.74) is 4.16. The minimum atomic E-state index is 0.292. The summed E-state index contributed by atoms with van der Waals surface area (Å²) in [4.78, 5) is 24.8. The van der Waals surface area contributed by atoms with E-state index in [1.54, 1.807) is 0 Å². The molecule has 6 rings (SSSR count). The van der Waals surface area contributed by atoms with Crippen molar-refractivity contribution in [2.24, 2.45) is 5.92 Å². The van der Waals surface area contributed by atoms with Crippen LogP contribution in [0.4, 0.5) is 5.69 Å². The van der Waals surface area contributed by atoms with Crippen molar-refractivity contribution in [1.29, 1.82) is 0 Å². The van der Waals surface area contributed by atoms with Crippen LogP contribution in [0.25, 0.3) is 22.3 Å². The van der Waals surface area contributed by atoms with E-state index in [1.165, 1.54) is 5.69 Å². The molecule has 166 valence electrons. The first-order valence-corrected chi connectivity index (χ1v) is 11.6. The Hall–Kier alpha value is -3.80. The van der Waals surface area contributed by atoms with Gasteiger partial charge in [0.2, 0.25) is 5.91 Å². The Labute approximate surface area is 192 Å². The van der Waals surface area contributed by atoms with Gasteiger partial charge in [-0.25, -0.2) is 4.98 Å². The number of rotatable bonds is 5. The first-order valence-electron chi connectivity index (χ1n) is 11.6. The molecule has 0 bridgehead atoms. The van der Waals surface area contributed by atoms with Gasteiger partial charge in [-0.1, -0.05) is 18.2 Å². The molecule has 2 aromatic heterocycles. The van der Waals surface area contributed by atoms with Crippen LogP contribution in [0.15, 0.2) is 72.9 Å². The highest BCUT2D eigenvalue weighted by Crippen LogP contribution is 2.34. The van der Waals surface area contributed by atoms with E-state index < -0.39 is 0 Å². The fraction of sp³-hybridized carbons (Fsp3) is 0.259. The molecule has 6 heteroatoms. The molecular weight excluding hydrogens is 412 g/mol. The molecule has 1 aliphatic heterocycles. The number of hydrogen-bond acceptors (Lipinski definition) is 4. The van der Waals surface area contributed by atoms with Crippen molar-refractivity contribution in [3.8, 4) is 22.8 Å². The smallest absolute Gasteiger partial charge is 0.225 e. The molecule has 3 heterocycles. The third-order valence-electron chi connectivity index (χ3n) is 6.51. The second-order valence-corrected chi connectivity index (χ2v) is 8.80. The van der Waals surface area contributed by atoms with Gasteiger partial charge in [0, 0.05) is 55.1 Å². The number of amides is 1. The number of fused-ring (bicyclic) bond motifs is 1. The number of anilines is 1. The zero-order valence-electron chi connectivity index (χ0n) is 18.4.